The summed E-state index contributed by atoms with van der Waals surface area (Å²) in [5, 5.41) is 3.03. The first-order valence-corrected chi connectivity index (χ1v) is 4.94. The molecule has 1 aromatic rings. The van der Waals surface area contributed by atoms with Crippen LogP contribution < -0.4 is 5.32 Å². The van der Waals surface area contributed by atoms with Crippen LogP contribution in [0.5, 0.6) is 0 Å². The van der Waals surface area contributed by atoms with Gasteiger partial charge in [0.15, 0.2) is 0 Å². The summed E-state index contributed by atoms with van der Waals surface area (Å²) in [6.07, 6.45) is 5.69. The van der Waals surface area contributed by atoms with Crippen molar-refractivity contribution in [1.29, 1.82) is 0 Å². The highest BCUT2D eigenvalue weighted by molar-refractivity contribution is 5.39. The summed E-state index contributed by atoms with van der Waals surface area (Å²) in [6.45, 7) is 3.94. The van der Waals surface area contributed by atoms with Crippen molar-refractivity contribution in [2.75, 3.05) is 0 Å². The fourth-order valence-electron chi connectivity index (χ4n) is 0.998. The third kappa shape index (κ3) is 4.73. The summed E-state index contributed by atoms with van der Waals surface area (Å²) in [5.41, 5.74) is 2.05. The van der Waals surface area contributed by atoms with Gasteiger partial charge in [-0.3, -0.25) is 0 Å². The van der Waals surface area contributed by atoms with Gasteiger partial charge in [0.1, 0.15) is 0 Å². The Morgan fingerprint density at radius 3 is 2.67 bits per heavy atom. The van der Waals surface area contributed by atoms with Crippen LogP contribution in [0.1, 0.15) is 19.4 Å². The normalized spacial score (nSPS) is 10.9. The second kappa shape index (κ2) is 6.50. The molecular weight excluding hydrogens is 182 g/mol. The molecule has 1 aromatic carbocycles. The molecule has 0 saturated carbocycles. The molecule has 15 heavy (non-hydrogen) atoms. The predicted octanol–water partition coefficient (Wildman–Crippen LogP) is 3.07. The molecule has 0 unspecified atom stereocenters. The van der Waals surface area contributed by atoms with E-state index in [2.05, 4.69) is 17.2 Å². The van der Waals surface area contributed by atoms with Crippen LogP contribution in [-0.4, -0.2) is 0 Å². The Morgan fingerprint density at radius 1 is 1.27 bits per heavy atom. The number of nitrogens with one attached hydrogen (secondary N) is 1. The first-order valence-electron chi connectivity index (χ1n) is 4.94. The molecule has 0 spiro atoms. The molecule has 1 nitrogen and oxygen atoms in total. The topological polar surface area (TPSA) is 12.0 Å². The average Bonchev–Trinajstić information content (AvgIpc) is 2.28. The lowest BCUT2D eigenvalue weighted by Gasteiger charge is -1.90. The van der Waals surface area contributed by atoms with Crippen LogP contribution in [0.4, 0.5) is 0 Å². The lowest BCUT2D eigenvalue weighted by Crippen LogP contribution is -1.92. The van der Waals surface area contributed by atoms with E-state index < -0.39 is 0 Å². The Morgan fingerprint density at radius 2 is 2.00 bits per heavy atom. The summed E-state index contributed by atoms with van der Waals surface area (Å²) in [7, 11) is 0. The number of rotatable bonds is 2. The molecule has 0 radical (unpaired) electrons. The van der Waals surface area contributed by atoms with Crippen molar-refractivity contribution in [3.05, 3.63) is 59.9 Å². The van der Waals surface area contributed by atoms with Crippen molar-refractivity contribution in [3.63, 3.8) is 0 Å². The summed E-state index contributed by atoms with van der Waals surface area (Å²) in [5.74, 6) is 6.16. The molecule has 1 rings (SSSR count). The van der Waals surface area contributed by atoms with Gasteiger partial charge in [0, 0.05) is 17.3 Å². The molecular formula is C14H15N. The van der Waals surface area contributed by atoms with Crippen molar-refractivity contribution >= 4 is 0 Å². The Bertz CT molecular complexity index is 402. The molecule has 0 aliphatic carbocycles. The molecule has 0 heterocycles. The van der Waals surface area contributed by atoms with Gasteiger partial charge in [-0.25, -0.2) is 0 Å². The maximum Gasteiger partial charge on any atom is 0.0248 e. The zero-order chi connectivity index (χ0) is 10.9. The molecule has 0 aromatic heterocycles. The highest BCUT2D eigenvalue weighted by Crippen LogP contribution is 1.96. The zero-order valence-electron chi connectivity index (χ0n) is 9.12. The van der Waals surface area contributed by atoms with Crippen LogP contribution in [0.15, 0.2) is 54.4 Å². The van der Waals surface area contributed by atoms with Crippen molar-refractivity contribution in [2.45, 2.75) is 13.8 Å². The van der Waals surface area contributed by atoms with Gasteiger partial charge in [0.2, 0.25) is 0 Å². The Labute approximate surface area is 91.5 Å². The van der Waals surface area contributed by atoms with E-state index in [4.69, 9.17) is 0 Å². The van der Waals surface area contributed by atoms with Crippen LogP contribution in [0.25, 0.3) is 0 Å². The Balaban J connectivity index is 2.62. The maximum absolute atomic E-state index is 3.09. The van der Waals surface area contributed by atoms with E-state index in [9.17, 15) is 0 Å². The molecule has 0 fully saturated rings. The number of allylic oxidation sites excluding steroid dienone is 2. The minimum Gasteiger partial charge on any atom is -0.367 e. The molecule has 76 valence electrons. The highest BCUT2D eigenvalue weighted by Gasteiger charge is 1.82. The van der Waals surface area contributed by atoms with Gasteiger partial charge in [-0.05, 0) is 32.2 Å². The van der Waals surface area contributed by atoms with E-state index in [1.54, 1.807) is 0 Å². The average molecular weight is 197 g/mol. The summed E-state index contributed by atoms with van der Waals surface area (Å²) in [6, 6.07) is 9.96. The molecule has 1 N–H and O–H groups in total. The van der Waals surface area contributed by atoms with Gasteiger partial charge in [-0.1, -0.05) is 36.1 Å². The minimum absolute atomic E-state index is 1.01. The third-order valence-electron chi connectivity index (χ3n) is 1.74. The fraction of sp³-hybridized carbons (Fsp3) is 0.143. The first kappa shape index (κ1) is 11.1. The second-order valence-corrected chi connectivity index (χ2v) is 3.11. The third-order valence-corrected chi connectivity index (χ3v) is 1.74. The summed E-state index contributed by atoms with van der Waals surface area (Å²) in [4.78, 5) is 0. The van der Waals surface area contributed by atoms with E-state index in [-0.39, 0.29) is 0 Å². The van der Waals surface area contributed by atoms with Crippen LogP contribution in [0.3, 0.4) is 0 Å². The molecule has 0 aliphatic heterocycles. The SMILES string of the molecule is CC=CNC=C(C)C#Cc1ccccc1. The minimum atomic E-state index is 1.01. The van der Waals surface area contributed by atoms with Gasteiger partial charge in [-0.15, -0.1) is 0 Å². The largest absolute Gasteiger partial charge is 0.367 e. The van der Waals surface area contributed by atoms with Gasteiger partial charge in [0.25, 0.3) is 0 Å². The highest BCUT2D eigenvalue weighted by atomic mass is 14.8. The Kier molecular flexibility index (Phi) is 4.83. The molecule has 0 bridgehead atoms. The maximum atomic E-state index is 3.09. The van der Waals surface area contributed by atoms with Gasteiger partial charge in [0.05, 0.1) is 0 Å². The smallest absolute Gasteiger partial charge is 0.0248 e. The van der Waals surface area contributed by atoms with Crippen LogP contribution in [-0.2, 0) is 0 Å². The molecule has 0 saturated heterocycles. The van der Waals surface area contributed by atoms with Crippen molar-refractivity contribution < 1.29 is 0 Å². The molecule has 1 heteroatoms. The molecule has 0 aliphatic rings. The first-order chi connectivity index (χ1) is 7.33. The number of hydrogen-bond donors (Lipinski definition) is 1. The van der Waals surface area contributed by atoms with E-state index in [1.165, 1.54) is 0 Å². The van der Waals surface area contributed by atoms with E-state index >= 15 is 0 Å². The van der Waals surface area contributed by atoms with Crippen LogP contribution in [0.2, 0.25) is 0 Å². The van der Waals surface area contributed by atoms with Crippen molar-refractivity contribution in [1.82, 2.24) is 5.32 Å². The summed E-state index contributed by atoms with van der Waals surface area (Å²) >= 11 is 0. The van der Waals surface area contributed by atoms with E-state index in [1.807, 2.05) is 62.7 Å². The standard InChI is InChI=1S/C14H15N/c1-3-11-15-12-13(2)9-10-14-7-5-4-6-8-14/h3-8,11-12,15H,1-2H3. The van der Waals surface area contributed by atoms with E-state index in [0.29, 0.717) is 0 Å². The molecule has 0 amide bonds. The lowest BCUT2D eigenvalue weighted by molar-refractivity contribution is 1.17. The van der Waals surface area contributed by atoms with Gasteiger partial charge >= 0.3 is 0 Å². The van der Waals surface area contributed by atoms with Crippen LogP contribution in [0, 0.1) is 11.8 Å². The number of hydrogen-bond acceptors (Lipinski definition) is 1. The Hall–Kier alpha value is -1.94. The van der Waals surface area contributed by atoms with Crippen LogP contribution >= 0.6 is 0 Å². The second-order valence-electron chi connectivity index (χ2n) is 3.11. The lowest BCUT2D eigenvalue weighted by atomic mass is 10.2. The summed E-state index contributed by atoms with van der Waals surface area (Å²) < 4.78 is 0. The monoisotopic (exact) mass is 197 g/mol. The van der Waals surface area contributed by atoms with E-state index in [0.717, 1.165) is 11.1 Å². The molecule has 0 atom stereocenters. The quantitative estimate of drug-likeness (QED) is 0.718. The van der Waals surface area contributed by atoms with Gasteiger partial charge in [-0.2, -0.15) is 0 Å². The van der Waals surface area contributed by atoms with Crippen molar-refractivity contribution in [2.24, 2.45) is 0 Å². The zero-order valence-corrected chi connectivity index (χ0v) is 9.12. The van der Waals surface area contributed by atoms with Crippen molar-refractivity contribution in [3.8, 4) is 11.8 Å². The van der Waals surface area contributed by atoms with Gasteiger partial charge < -0.3 is 5.32 Å². The fourth-order valence-corrected chi connectivity index (χ4v) is 0.998. The number of benzene rings is 1. The predicted molar refractivity (Wildman–Crippen MR) is 65.0 cm³/mol.